The van der Waals surface area contributed by atoms with Crippen LogP contribution in [0, 0.1) is 6.92 Å². The number of sulfonamides is 1. The molecule has 0 saturated heterocycles. The van der Waals surface area contributed by atoms with Crippen molar-refractivity contribution in [3.05, 3.63) is 35.8 Å². The number of rotatable bonds is 4. The summed E-state index contributed by atoms with van der Waals surface area (Å²) in [5.41, 5.74) is 7.35. The summed E-state index contributed by atoms with van der Waals surface area (Å²) >= 11 is 0. The van der Waals surface area contributed by atoms with Gasteiger partial charge in [-0.1, -0.05) is 0 Å². The van der Waals surface area contributed by atoms with Gasteiger partial charge >= 0.3 is 0 Å². The number of hydrogen-bond donors (Lipinski definition) is 2. The number of aromatic nitrogens is 3. The van der Waals surface area contributed by atoms with Crippen LogP contribution >= 0.6 is 0 Å². The van der Waals surface area contributed by atoms with Gasteiger partial charge in [0, 0.05) is 32.2 Å². The Morgan fingerprint density at radius 1 is 1.47 bits per heavy atom. The predicted molar refractivity (Wildman–Crippen MR) is 70.6 cm³/mol. The first-order valence-electron chi connectivity index (χ1n) is 5.58. The maximum absolute atomic E-state index is 12.1. The van der Waals surface area contributed by atoms with Crippen molar-refractivity contribution in [2.45, 2.75) is 18.4 Å². The van der Waals surface area contributed by atoms with Crippen molar-refractivity contribution in [1.29, 1.82) is 0 Å². The Labute approximate surface area is 111 Å². The van der Waals surface area contributed by atoms with E-state index in [4.69, 9.17) is 5.73 Å². The largest absolute Gasteiger partial charge is 0.381 e. The second-order valence-electron chi connectivity index (χ2n) is 4.18. The lowest BCUT2D eigenvalue weighted by Gasteiger charge is -2.07. The summed E-state index contributed by atoms with van der Waals surface area (Å²) in [6.07, 6.45) is 4.66. The summed E-state index contributed by atoms with van der Waals surface area (Å²) in [6, 6.07) is 1.82. The molecular formula is C11H15N5O2S. The third-order valence-electron chi connectivity index (χ3n) is 2.71. The van der Waals surface area contributed by atoms with Gasteiger partial charge in [0.2, 0.25) is 10.0 Å². The molecule has 0 amide bonds. The van der Waals surface area contributed by atoms with E-state index in [1.54, 1.807) is 19.4 Å². The van der Waals surface area contributed by atoms with Crippen LogP contribution in [-0.2, 0) is 23.6 Å². The van der Waals surface area contributed by atoms with E-state index in [2.05, 4.69) is 14.8 Å². The summed E-state index contributed by atoms with van der Waals surface area (Å²) in [4.78, 5) is 3.95. The van der Waals surface area contributed by atoms with Crippen LogP contribution in [-0.4, -0.2) is 23.2 Å². The lowest BCUT2D eigenvalue weighted by Crippen LogP contribution is -2.24. The zero-order valence-electron chi connectivity index (χ0n) is 10.7. The molecule has 19 heavy (non-hydrogen) atoms. The van der Waals surface area contributed by atoms with E-state index in [-0.39, 0.29) is 17.3 Å². The van der Waals surface area contributed by atoms with Crippen molar-refractivity contribution in [2.75, 3.05) is 5.73 Å². The van der Waals surface area contributed by atoms with Gasteiger partial charge in [-0.25, -0.2) is 13.1 Å². The van der Waals surface area contributed by atoms with Crippen LogP contribution in [0.25, 0.3) is 0 Å². The minimum Gasteiger partial charge on any atom is -0.381 e. The van der Waals surface area contributed by atoms with Gasteiger partial charge in [-0.2, -0.15) is 5.10 Å². The van der Waals surface area contributed by atoms with Gasteiger partial charge in [0.25, 0.3) is 0 Å². The first-order valence-corrected chi connectivity index (χ1v) is 7.07. The minimum absolute atomic E-state index is 0.0158. The molecule has 7 nitrogen and oxygen atoms in total. The van der Waals surface area contributed by atoms with Crippen LogP contribution in [0.5, 0.6) is 0 Å². The Morgan fingerprint density at radius 2 is 2.21 bits per heavy atom. The van der Waals surface area contributed by atoms with Crippen molar-refractivity contribution >= 4 is 15.8 Å². The summed E-state index contributed by atoms with van der Waals surface area (Å²) in [7, 11) is -2.06. The molecule has 2 aromatic heterocycles. The van der Waals surface area contributed by atoms with E-state index >= 15 is 0 Å². The third kappa shape index (κ3) is 2.91. The molecule has 0 atom stereocenters. The molecule has 0 aliphatic carbocycles. The maximum Gasteiger partial charge on any atom is 0.246 e. The number of hydrogen-bond acceptors (Lipinski definition) is 5. The molecule has 0 aliphatic heterocycles. The molecule has 0 bridgehead atoms. The number of nitrogens with two attached hydrogens (primary N) is 1. The van der Waals surface area contributed by atoms with Crippen molar-refractivity contribution in [1.82, 2.24) is 19.5 Å². The van der Waals surface area contributed by atoms with Crippen molar-refractivity contribution in [2.24, 2.45) is 7.05 Å². The van der Waals surface area contributed by atoms with Gasteiger partial charge in [-0.05, 0) is 24.1 Å². The van der Waals surface area contributed by atoms with E-state index in [1.165, 1.54) is 10.9 Å². The van der Waals surface area contributed by atoms with Gasteiger partial charge in [0.1, 0.15) is 4.90 Å². The van der Waals surface area contributed by atoms with Crippen molar-refractivity contribution in [3.8, 4) is 0 Å². The zero-order valence-corrected chi connectivity index (χ0v) is 11.5. The van der Waals surface area contributed by atoms with E-state index in [0.717, 1.165) is 11.1 Å². The lowest BCUT2D eigenvalue weighted by atomic mass is 10.2. The summed E-state index contributed by atoms with van der Waals surface area (Å²) < 4.78 is 28.0. The topological polar surface area (TPSA) is 103 Å². The monoisotopic (exact) mass is 281 g/mol. The minimum atomic E-state index is -3.67. The fourth-order valence-corrected chi connectivity index (χ4v) is 2.73. The highest BCUT2D eigenvalue weighted by Crippen LogP contribution is 2.16. The average Bonchev–Trinajstić information content (AvgIpc) is 2.68. The average molecular weight is 281 g/mol. The molecule has 102 valence electrons. The number of aryl methyl sites for hydroxylation is 2. The smallest absolute Gasteiger partial charge is 0.246 e. The van der Waals surface area contributed by atoms with E-state index in [0.29, 0.717) is 0 Å². The van der Waals surface area contributed by atoms with Gasteiger partial charge in [0.05, 0.1) is 0 Å². The number of nitrogens with one attached hydrogen (secondary N) is 1. The molecule has 0 aliphatic rings. The Balaban J connectivity index is 2.19. The Bertz CT molecular complexity index is 693. The van der Waals surface area contributed by atoms with Crippen LogP contribution in [0.3, 0.4) is 0 Å². The number of anilines is 1. The second-order valence-corrected chi connectivity index (χ2v) is 5.91. The van der Waals surface area contributed by atoms with Crippen molar-refractivity contribution < 1.29 is 8.42 Å². The third-order valence-corrected chi connectivity index (χ3v) is 4.13. The van der Waals surface area contributed by atoms with Crippen LogP contribution in [0.1, 0.15) is 11.1 Å². The fourth-order valence-electron chi connectivity index (χ4n) is 1.62. The molecule has 0 fully saturated rings. The Kier molecular flexibility index (Phi) is 3.54. The summed E-state index contributed by atoms with van der Waals surface area (Å²) in [5.74, 6) is -0.0158. The predicted octanol–water partition coefficient (Wildman–Crippen LogP) is 0.184. The van der Waals surface area contributed by atoms with Gasteiger partial charge < -0.3 is 5.73 Å². The van der Waals surface area contributed by atoms with Crippen LogP contribution in [0.2, 0.25) is 0 Å². The summed E-state index contributed by atoms with van der Waals surface area (Å²) in [6.45, 7) is 2.06. The molecule has 2 heterocycles. The lowest BCUT2D eigenvalue weighted by molar-refractivity contribution is 0.581. The highest BCUT2D eigenvalue weighted by Gasteiger charge is 2.20. The van der Waals surface area contributed by atoms with Gasteiger partial charge in [-0.3, -0.25) is 9.67 Å². The second kappa shape index (κ2) is 4.98. The molecule has 8 heteroatoms. The van der Waals surface area contributed by atoms with Crippen molar-refractivity contribution in [3.63, 3.8) is 0 Å². The fraction of sp³-hybridized carbons (Fsp3) is 0.273. The molecule has 0 spiro atoms. The molecule has 0 saturated carbocycles. The van der Waals surface area contributed by atoms with E-state index < -0.39 is 10.0 Å². The maximum atomic E-state index is 12.1. The first kappa shape index (κ1) is 13.5. The number of nitrogens with zero attached hydrogens (tertiary/aromatic N) is 3. The SMILES string of the molecule is Cc1ccncc1CNS(=O)(=O)c1cn(C)nc1N. The number of nitrogen functional groups attached to an aromatic ring is 1. The Morgan fingerprint density at radius 3 is 2.79 bits per heavy atom. The highest BCUT2D eigenvalue weighted by molar-refractivity contribution is 7.89. The van der Waals surface area contributed by atoms with Crippen LogP contribution in [0.15, 0.2) is 29.6 Å². The van der Waals surface area contributed by atoms with E-state index in [1.807, 2.05) is 13.0 Å². The molecule has 0 aromatic carbocycles. The quantitative estimate of drug-likeness (QED) is 0.832. The first-order chi connectivity index (χ1) is 8.90. The highest BCUT2D eigenvalue weighted by atomic mass is 32.2. The van der Waals surface area contributed by atoms with Gasteiger partial charge in [-0.15, -0.1) is 0 Å². The molecule has 3 N–H and O–H groups in total. The standard InChI is InChI=1S/C11H15N5O2S/c1-8-3-4-13-5-9(8)6-14-19(17,18)10-7-16(2)15-11(10)12/h3-5,7,14H,6H2,1-2H3,(H2,12,15). The molecule has 0 unspecified atom stereocenters. The molecule has 0 radical (unpaired) electrons. The summed E-state index contributed by atoms with van der Waals surface area (Å²) in [5, 5.41) is 3.81. The van der Waals surface area contributed by atoms with Gasteiger partial charge in [0.15, 0.2) is 5.82 Å². The van der Waals surface area contributed by atoms with E-state index in [9.17, 15) is 8.42 Å². The zero-order chi connectivity index (χ0) is 14.0. The van der Waals surface area contributed by atoms with Crippen LogP contribution in [0.4, 0.5) is 5.82 Å². The molecule has 2 rings (SSSR count). The normalized spacial score (nSPS) is 11.7. The molecular weight excluding hydrogens is 266 g/mol. The molecule has 2 aromatic rings. The van der Waals surface area contributed by atoms with Crippen LogP contribution < -0.4 is 10.5 Å². The number of pyridine rings is 1. The Hall–Kier alpha value is -1.93.